The van der Waals surface area contributed by atoms with Crippen molar-refractivity contribution in [3.05, 3.63) is 64.5 Å². The number of halogens is 1. The summed E-state index contributed by atoms with van der Waals surface area (Å²) in [5, 5.41) is 9.79. The van der Waals surface area contributed by atoms with Crippen LogP contribution < -0.4 is 4.72 Å². The highest BCUT2D eigenvalue weighted by molar-refractivity contribution is 7.92. The first-order chi connectivity index (χ1) is 15.3. The highest BCUT2D eigenvalue weighted by Gasteiger charge is 2.25. The second-order valence-electron chi connectivity index (χ2n) is 7.81. The molecule has 172 valence electrons. The Balaban J connectivity index is 1.98. The van der Waals surface area contributed by atoms with Gasteiger partial charge in [0.1, 0.15) is 5.82 Å². The largest absolute Gasteiger partial charge is 0.478 e. The van der Waals surface area contributed by atoms with Gasteiger partial charge in [-0.25, -0.2) is 17.6 Å². The molecule has 2 N–H and O–H groups in total. The number of carboxylic acids is 1. The zero-order valence-electron chi connectivity index (χ0n) is 18.4. The van der Waals surface area contributed by atoms with Crippen LogP contribution in [0.15, 0.2) is 41.3 Å². The lowest BCUT2D eigenvalue weighted by atomic mass is 9.87. The van der Waals surface area contributed by atoms with Gasteiger partial charge >= 0.3 is 5.97 Å². The molecular weight excluding hydrogens is 431 g/mol. The second-order valence-corrected chi connectivity index (χ2v) is 9.46. The van der Waals surface area contributed by atoms with Crippen LogP contribution in [-0.4, -0.2) is 44.0 Å². The summed E-state index contributed by atoms with van der Waals surface area (Å²) >= 11 is 0. The number of anilines is 1. The number of sulfonamides is 1. The van der Waals surface area contributed by atoms with Crippen LogP contribution in [0.4, 0.5) is 10.1 Å². The Morgan fingerprint density at radius 3 is 2.56 bits per heavy atom. The molecule has 0 spiro atoms. The van der Waals surface area contributed by atoms with E-state index in [4.69, 9.17) is 0 Å². The average Bonchev–Trinajstić information content (AvgIpc) is 2.76. The molecule has 0 radical (unpaired) electrons. The predicted octanol–water partition coefficient (Wildman–Crippen LogP) is 4.56. The summed E-state index contributed by atoms with van der Waals surface area (Å²) in [5.74, 6) is -1.72. The highest BCUT2D eigenvalue weighted by Crippen LogP contribution is 2.32. The van der Waals surface area contributed by atoms with E-state index in [1.807, 2.05) is 13.8 Å². The summed E-state index contributed by atoms with van der Waals surface area (Å²) in [7, 11) is -4.15. The molecule has 1 aliphatic rings. The maximum absolute atomic E-state index is 13.9. The van der Waals surface area contributed by atoms with Gasteiger partial charge in [-0.3, -0.25) is 4.72 Å². The topological polar surface area (TPSA) is 86.7 Å². The first kappa shape index (κ1) is 23.9. The van der Waals surface area contributed by atoms with Crippen molar-refractivity contribution in [2.45, 2.75) is 44.4 Å². The lowest BCUT2D eigenvalue weighted by Gasteiger charge is -2.21. The van der Waals surface area contributed by atoms with E-state index in [0.717, 1.165) is 50.0 Å². The van der Waals surface area contributed by atoms with Crippen molar-refractivity contribution in [3.63, 3.8) is 0 Å². The van der Waals surface area contributed by atoms with Crippen molar-refractivity contribution in [2.24, 2.45) is 0 Å². The summed E-state index contributed by atoms with van der Waals surface area (Å²) in [6.45, 7) is 6.33. The molecule has 8 heteroatoms. The fraction of sp³-hybridized carbons (Fsp3) is 0.375. The van der Waals surface area contributed by atoms with Gasteiger partial charge in [-0.05, 0) is 79.7 Å². The Morgan fingerprint density at radius 1 is 1.16 bits per heavy atom. The van der Waals surface area contributed by atoms with Gasteiger partial charge in [0.25, 0.3) is 10.0 Å². The van der Waals surface area contributed by atoms with Crippen LogP contribution in [0.5, 0.6) is 0 Å². The molecule has 3 rings (SSSR count). The minimum atomic E-state index is -4.15. The molecular formula is C24H29FN2O4S. The van der Waals surface area contributed by atoms with Crippen LogP contribution in [0, 0.1) is 5.82 Å². The van der Waals surface area contributed by atoms with Crippen molar-refractivity contribution in [1.82, 2.24) is 4.90 Å². The Hall–Kier alpha value is -2.71. The van der Waals surface area contributed by atoms with Crippen LogP contribution in [0.25, 0.3) is 6.08 Å². The molecule has 0 unspecified atom stereocenters. The summed E-state index contributed by atoms with van der Waals surface area (Å²) < 4.78 is 42.8. The number of nitrogens with one attached hydrogen (secondary N) is 1. The third-order valence-corrected chi connectivity index (χ3v) is 7.25. The Kier molecular flexibility index (Phi) is 7.69. The van der Waals surface area contributed by atoms with Crippen LogP contribution in [-0.2, 0) is 22.9 Å². The Labute approximate surface area is 188 Å². The zero-order valence-corrected chi connectivity index (χ0v) is 19.2. The number of hydrogen-bond donors (Lipinski definition) is 2. The molecule has 2 aromatic rings. The van der Waals surface area contributed by atoms with Crippen LogP contribution in [0.2, 0.25) is 0 Å². The van der Waals surface area contributed by atoms with Gasteiger partial charge in [-0.2, -0.15) is 0 Å². The lowest BCUT2D eigenvalue weighted by molar-refractivity contribution is 0.0696. The number of hydrogen-bond acceptors (Lipinski definition) is 4. The van der Waals surface area contributed by atoms with Crippen LogP contribution >= 0.6 is 0 Å². The van der Waals surface area contributed by atoms with E-state index in [1.165, 1.54) is 12.1 Å². The lowest BCUT2D eigenvalue weighted by Crippen LogP contribution is -2.22. The summed E-state index contributed by atoms with van der Waals surface area (Å²) in [6, 6.07) is 6.74. The molecule has 0 atom stereocenters. The molecule has 2 aromatic carbocycles. The van der Waals surface area contributed by atoms with Gasteiger partial charge in [0.05, 0.1) is 16.1 Å². The van der Waals surface area contributed by atoms with Crippen molar-refractivity contribution < 1.29 is 22.7 Å². The van der Waals surface area contributed by atoms with E-state index in [2.05, 4.69) is 9.62 Å². The number of aryl methyl sites for hydroxylation is 1. The summed E-state index contributed by atoms with van der Waals surface area (Å²) in [5.41, 5.74) is 1.85. The Morgan fingerprint density at radius 2 is 1.88 bits per heavy atom. The van der Waals surface area contributed by atoms with E-state index in [9.17, 15) is 22.7 Å². The standard InChI is InChI=1S/C24H29FN2O4S/c1-3-27(4-2)15-7-9-18-16-19(25)12-14-22(18)32(30,31)26-21-13-11-17-8-5-6-10-20(17)23(21)24(28)29/h7,9,11-14,16,26H,3-6,8,10,15H2,1-2H3,(H,28,29). The molecule has 0 bridgehead atoms. The summed E-state index contributed by atoms with van der Waals surface area (Å²) in [4.78, 5) is 14.0. The van der Waals surface area contributed by atoms with Gasteiger partial charge in [-0.1, -0.05) is 32.1 Å². The third kappa shape index (κ3) is 5.37. The molecule has 6 nitrogen and oxygen atoms in total. The monoisotopic (exact) mass is 460 g/mol. The second kappa shape index (κ2) is 10.3. The van der Waals surface area contributed by atoms with E-state index in [1.54, 1.807) is 18.2 Å². The normalized spacial score (nSPS) is 14.0. The van der Waals surface area contributed by atoms with Gasteiger partial charge in [0.15, 0.2) is 0 Å². The first-order valence-electron chi connectivity index (χ1n) is 10.9. The Bertz CT molecular complexity index is 1130. The van der Waals surface area contributed by atoms with E-state index in [-0.39, 0.29) is 21.7 Å². The van der Waals surface area contributed by atoms with E-state index >= 15 is 0 Å². The minimum absolute atomic E-state index is 0.00786. The van der Waals surface area contributed by atoms with Crippen molar-refractivity contribution in [3.8, 4) is 0 Å². The maximum Gasteiger partial charge on any atom is 0.338 e. The number of nitrogens with zero attached hydrogens (tertiary/aromatic N) is 1. The maximum atomic E-state index is 13.9. The SMILES string of the molecule is CCN(CC)CC=Cc1cc(F)ccc1S(=O)(=O)Nc1ccc2c(c1C(=O)O)CCCC2. The van der Waals surface area contributed by atoms with Gasteiger partial charge < -0.3 is 10.0 Å². The van der Waals surface area contributed by atoms with E-state index < -0.39 is 21.8 Å². The number of likely N-dealkylation sites (N-methyl/N-ethyl adjacent to an activating group) is 1. The fourth-order valence-corrected chi connectivity index (χ4v) is 5.32. The quantitative estimate of drug-likeness (QED) is 0.573. The fourth-order valence-electron chi connectivity index (χ4n) is 4.06. The van der Waals surface area contributed by atoms with Crippen molar-refractivity contribution >= 4 is 27.8 Å². The minimum Gasteiger partial charge on any atom is -0.478 e. The van der Waals surface area contributed by atoms with Gasteiger partial charge in [0, 0.05) is 6.54 Å². The molecule has 0 heterocycles. The number of aromatic carboxylic acids is 1. The van der Waals surface area contributed by atoms with Gasteiger partial charge in [0.2, 0.25) is 0 Å². The molecule has 0 amide bonds. The number of fused-ring (bicyclic) bond motifs is 1. The molecule has 0 saturated carbocycles. The number of carbonyl (C=O) groups is 1. The molecule has 1 aliphatic carbocycles. The van der Waals surface area contributed by atoms with Crippen molar-refractivity contribution in [1.29, 1.82) is 0 Å². The predicted molar refractivity (Wildman–Crippen MR) is 124 cm³/mol. The number of carboxylic acid groups (broad SMARTS) is 1. The van der Waals surface area contributed by atoms with Crippen LogP contribution in [0.1, 0.15) is 53.7 Å². The molecule has 0 aromatic heterocycles. The first-order valence-corrected chi connectivity index (χ1v) is 12.3. The van der Waals surface area contributed by atoms with Gasteiger partial charge in [-0.15, -0.1) is 0 Å². The van der Waals surface area contributed by atoms with Crippen molar-refractivity contribution in [2.75, 3.05) is 24.4 Å². The number of rotatable bonds is 9. The third-order valence-electron chi connectivity index (χ3n) is 5.81. The average molecular weight is 461 g/mol. The molecule has 0 saturated heterocycles. The van der Waals surface area contributed by atoms with E-state index in [0.29, 0.717) is 18.5 Å². The highest BCUT2D eigenvalue weighted by atomic mass is 32.2. The number of benzene rings is 2. The zero-order chi connectivity index (χ0) is 23.3. The van der Waals surface area contributed by atoms with Crippen LogP contribution in [0.3, 0.4) is 0 Å². The molecule has 32 heavy (non-hydrogen) atoms. The summed E-state index contributed by atoms with van der Waals surface area (Å²) in [6.07, 6.45) is 6.60. The molecule has 0 aliphatic heterocycles. The molecule has 0 fully saturated rings. The smallest absolute Gasteiger partial charge is 0.338 e.